The van der Waals surface area contributed by atoms with Gasteiger partial charge in [-0.3, -0.25) is 18.4 Å². The van der Waals surface area contributed by atoms with E-state index in [1.807, 2.05) is 39.8 Å². The Kier molecular flexibility index (Phi) is 9.66. The summed E-state index contributed by atoms with van der Waals surface area (Å²) in [5.41, 5.74) is 4.20. The lowest BCUT2D eigenvalue weighted by molar-refractivity contribution is 1.19. The number of benzene rings is 6. The fourth-order valence-electron chi connectivity index (χ4n) is 6.86. The second-order valence-electron chi connectivity index (χ2n) is 11.7. The molecule has 0 aliphatic carbocycles. The van der Waals surface area contributed by atoms with Crippen LogP contribution in [0, 0.1) is 22.7 Å². The minimum Gasteiger partial charge on any atom is -0.268 e. The van der Waals surface area contributed by atoms with E-state index >= 15 is 0 Å². The molecule has 0 fully saturated rings. The third kappa shape index (κ3) is 5.42. The number of fused-ring (bicyclic) bond motifs is 8. The van der Waals surface area contributed by atoms with E-state index in [4.69, 9.17) is 56.9 Å². The molecule has 10 aromatic rings. The summed E-state index contributed by atoms with van der Waals surface area (Å²) in [6.07, 6.45) is 0. The zero-order valence-corrected chi connectivity index (χ0v) is 32.1. The van der Waals surface area contributed by atoms with Gasteiger partial charge in [0, 0.05) is 63.2 Å². The predicted octanol–water partition coefficient (Wildman–Crippen LogP) is 11.6. The van der Waals surface area contributed by atoms with Crippen LogP contribution < -0.4 is 11.1 Å². The maximum atomic E-state index is 13.1. The summed E-state index contributed by atoms with van der Waals surface area (Å²) in [5.74, 6) is 0. The van der Waals surface area contributed by atoms with Crippen LogP contribution in [0.4, 0.5) is 0 Å². The monoisotopic (exact) mass is 786 g/mol. The van der Waals surface area contributed by atoms with Crippen LogP contribution in [-0.2, 0) is 0 Å². The number of nitriles is 2. The number of hydrogen-bond donors (Lipinski definition) is 0. The largest absolute Gasteiger partial charge is 0.268 e. The Morgan fingerprint density at radius 2 is 0.889 bits per heavy atom. The van der Waals surface area contributed by atoms with Gasteiger partial charge in [-0.15, -0.1) is 0 Å². The van der Waals surface area contributed by atoms with Crippen LogP contribution in [-0.4, -0.2) is 18.8 Å². The van der Waals surface area contributed by atoms with E-state index in [2.05, 4.69) is 22.1 Å². The summed E-state index contributed by atoms with van der Waals surface area (Å²) in [6, 6.07) is 28.4. The molecule has 0 bridgehead atoms. The molecule has 0 atom stereocenters. The highest BCUT2D eigenvalue weighted by Crippen LogP contribution is 2.39. The maximum Gasteiger partial charge on any atom is 0.264 e. The zero-order valence-electron chi connectivity index (χ0n) is 29.1. The van der Waals surface area contributed by atoms with E-state index < -0.39 is 0 Å². The Bertz CT molecular complexity index is 3270. The normalized spacial score (nSPS) is 11.1. The standard InChI is InChI=1S/2C19H7Cl2N3O.2C2H6/c20-12-4-2-10-16-11(3-5-13(21)17(12)16)19(25)24-15-6-1-9(8-22)7-14(15)23-18(10)24;20-12-4-2-10-16-11(3-5-13(21)17(12)16)19(25)24-15-7-9(8-22)1-6-14(15)23-18(10)24;2*1-2/h2*1-7H;2*1-2H3. The average Bonchev–Trinajstić information content (AvgIpc) is 3.78. The second-order valence-corrected chi connectivity index (χ2v) is 13.3. The van der Waals surface area contributed by atoms with Crippen molar-refractivity contribution in [1.82, 2.24) is 18.8 Å². The molecule has 0 N–H and O–H groups in total. The van der Waals surface area contributed by atoms with Crippen molar-refractivity contribution >= 4 is 123 Å². The van der Waals surface area contributed by atoms with Crippen molar-refractivity contribution in [3.63, 3.8) is 0 Å². The molecule has 6 aromatic carbocycles. The van der Waals surface area contributed by atoms with Crippen molar-refractivity contribution in [2.24, 2.45) is 0 Å². The Balaban J connectivity index is 0.000000153. The number of nitrogens with zero attached hydrogens (tertiary/aromatic N) is 6. The molecule has 12 heteroatoms. The van der Waals surface area contributed by atoms with Gasteiger partial charge in [0.15, 0.2) is 0 Å². The molecule has 0 unspecified atom stereocenters. The molecule has 54 heavy (non-hydrogen) atoms. The molecule has 264 valence electrons. The van der Waals surface area contributed by atoms with Gasteiger partial charge in [-0.25, -0.2) is 9.97 Å². The summed E-state index contributed by atoms with van der Waals surface area (Å²) in [4.78, 5) is 35.5. The lowest BCUT2D eigenvalue weighted by atomic mass is 10.0. The smallest absolute Gasteiger partial charge is 0.264 e. The van der Waals surface area contributed by atoms with E-state index in [1.54, 1.807) is 81.6 Å². The first kappa shape index (κ1) is 36.6. The highest BCUT2D eigenvalue weighted by atomic mass is 35.5. The van der Waals surface area contributed by atoms with Crippen molar-refractivity contribution in [1.29, 1.82) is 10.5 Å². The van der Waals surface area contributed by atoms with Crippen LogP contribution in [0.5, 0.6) is 0 Å². The van der Waals surface area contributed by atoms with Crippen molar-refractivity contribution in [3.05, 3.63) is 137 Å². The maximum absolute atomic E-state index is 13.1. The summed E-state index contributed by atoms with van der Waals surface area (Å²) in [7, 11) is 0. The van der Waals surface area contributed by atoms with E-state index in [0.717, 1.165) is 10.8 Å². The minimum atomic E-state index is -0.205. The summed E-state index contributed by atoms with van der Waals surface area (Å²) >= 11 is 25.3. The van der Waals surface area contributed by atoms with Crippen LogP contribution >= 0.6 is 46.4 Å². The topological polar surface area (TPSA) is 116 Å². The van der Waals surface area contributed by atoms with Gasteiger partial charge in [0.25, 0.3) is 11.1 Å². The van der Waals surface area contributed by atoms with Crippen molar-refractivity contribution in [3.8, 4) is 12.1 Å². The molecule has 0 amide bonds. The van der Waals surface area contributed by atoms with E-state index in [-0.39, 0.29) is 11.1 Å². The fourth-order valence-corrected chi connectivity index (χ4v) is 8.00. The second kappa shape index (κ2) is 14.2. The lowest BCUT2D eigenvalue weighted by Crippen LogP contribution is -2.13. The van der Waals surface area contributed by atoms with Crippen LogP contribution in [0.2, 0.25) is 20.1 Å². The number of rotatable bonds is 0. The Morgan fingerprint density at radius 1 is 0.481 bits per heavy atom. The zero-order chi connectivity index (χ0) is 38.6. The number of imidazole rings is 2. The molecule has 0 aliphatic rings. The van der Waals surface area contributed by atoms with E-state index in [0.29, 0.717) is 96.9 Å². The first-order valence-electron chi connectivity index (χ1n) is 17.0. The Hall–Kier alpha value is -5.74. The molecule has 0 aliphatic heterocycles. The minimum absolute atomic E-state index is 0.182. The molecular formula is C42H26Cl4N6O2. The summed E-state index contributed by atoms with van der Waals surface area (Å²) in [5, 5.41) is 25.6. The van der Waals surface area contributed by atoms with Gasteiger partial charge in [-0.1, -0.05) is 74.1 Å². The first-order valence-corrected chi connectivity index (χ1v) is 18.5. The molecule has 0 saturated carbocycles. The number of aromatic nitrogens is 4. The third-order valence-corrected chi connectivity index (χ3v) is 10.3. The summed E-state index contributed by atoms with van der Waals surface area (Å²) < 4.78 is 3.13. The molecule has 10 rings (SSSR count). The highest BCUT2D eigenvalue weighted by Gasteiger charge is 2.20. The van der Waals surface area contributed by atoms with Gasteiger partial charge in [0.1, 0.15) is 11.3 Å². The van der Waals surface area contributed by atoms with Crippen LogP contribution in [0.1, 0.15) is 38.8 Å². The molecular weight excluding hydrogens is 762 g/mol. The SMILES string of the molecule is CC.CC.N#Cc1ccc2c(c1)nc1c3ccc(Cl)c4c(Cl)ccc(c(=O)n21)c43.N#Cc1ccc2nc3c4ccc(Cl)c5c(Cl)ccc(c(=O)n3c2c1)c54. The van der Waals surface area contributed by atoms with E-state index in [9.17, 15) is 9.59 Å². The summed E-state index contributed by atoms with van der Waals surface area (Å²) in [6.45, 7) is 8.00. The highest BCUT2D eigenvalue weighted by molar-refractivity contribution is 6.45. The van der Waals surface area contributed by atoms with Gasteiger partial charge in [-0.2, -0.15) is 10.5 Å². The van der Waals surface area contributed by atoms with Crippen LogP contribution in [0.3, 0.4) is 0 Å². The van der Waals surface area contributed by atoms with Gasteiger partial charge in [0.05, 0.1) is 45.3 Å². The Labute approximate surface area is 327 Å². The van der Waals surface area contributed by atoms with Gasteiger partial charge >= 0.3 is 0 Å². The molecule has 0 spiro atoms. The number of halogens is 4. The Morgan fingerprint density at radius 3 is 1.37 bits per heavy atom. The molecule has 0 radical (unpaired) electrons. The lowest BCUT2D eigenvalue weighted by Gasteiger charge is -2.09. The van der Waals surface area contributed by atoms with Gasteiger partial charge in [-0.05, 0) is 84.9 Å². The number of pyridine rings is 2. The van der Waals surface area contributed by atoms with Gasteiger partial charge in [0.2, 0.25) is 0 Å². The third-order valence-electron chi connectivity index (χ3n) is 9.03. The first-order chi connectivity index (χ1) is 26.2. The molecule has 4 aromatic heterocycles. The van der Waals surface area contributed by atoms with Gasteiger partial charge < -0.3 is 0 Å². The van der Waals surface area contributed by atoms with Crippen LogP contribution in [0.25, 0.3) is 76.5 Å². The van der Waals surface area contributed by atoms with Crippen molar-refractivity contribution < 1.29 is 0 Å². The number of hydrogen-bond acceptors (Lipinski definition) is 6. The van der Waals surface area contributed by atoms with E-state index in [1.165, 1.54) is 0 Å². The predicted molar refractivity (Wildman–Crippen MR) is 222 cm³/mol. The average molecular weight is 789 g/mol. The fraction of sp³-hybridized carbons (Fsp3) is 0.0952. The van der Waals surface area contributed by atoms with Crippen molar-refractivity contribution in [2.45, 2.75) is 27.7 Å². The quantitative estimate of drug-likeness (QED) is 0.151. The molecule has 0 saturated heterocycles. The molecule has 8 nitrogen and oxygen atoms in total. The van der Waals surface area contributed by atoms with Crippen molar-refractivity contribution in [2.75, 3.05) is 0 Å². The van der Waals surface area contributed by atoms with Crippen LogP contribution in [0.15, 0.2) is 94.5 Å². The molecule has 4 heterocycles.